The lowest BCUT2D eigenvalue weighted by Gasteiger charge is -2.13. The summed E-state index contributed by atoms with van der Waals surface area (Å²) in [5, 5.41) is 2.13. The second-order valence-corrected chi connectivity index (χ2v) is 4.15. The Morgan fingerprint density at radius 3 is 2.93 bits per heavy atom. The number of rotatable bonds is 2. The van der Waals surface area contributed by atoms with E-state index < -0.39 is 0 Å². The molecule has 0 radical (unpaired) electrons. The van der Waals surface area contributed by atoms with Gasteiger partial charge in [-0.25, -0.2) is 4.41 Å². The van der Waals surface area contributed by atoms with E-state index in [9.17, 15) is 0 Å². The van der Waals surface area contributed by atoms with Crippen LogP contribution in [0.3, 0.4) is 0 Å². The molecule has 1 atom stereocenters. The molecule has 2 aliphatic heterocycles. The number of aliphatic imine (C=N–C) groups is 1. The van der Waals surface area contributed by atoms with E-state index in [-0.39, 0.29) is 17.0 Å². The summed E-state index contributed by atoms with van der Waals surface area (Å²) in [6.07, 6.45) is 10.1. The molecule has 2 heterocycles. The number of halogens is 1. The molecule has 0 aromatic carbocycles. The molecule has 0 aliphatic carbocycles. The number of quaternary nitrogens is 1. The van der Waals surface area contributed by atoms with Crippen LogP contribution in [0.4, 0.5) is 0 Å². The largest absolute Gasteiger partial charge is 1.00 e. The average molecular weight is 295 g/mol. The normalized spacial score (nSPS) is 23.9. The fourth-order valence-corrected chi connectivity index (χ4v) is 1.95. The Morgan fingerprint density at radius 1 is 1.50 bits per heavy atom. The number of allylic oxidation sites excluding steroid dienone is 1. The summed E-state index contributed by atoms with van der Waals surface area (Å²) < 4.78 is 1.97. The third kappa shape index (κ3) is 2.34. The van der Waals surface area contributed by atoms with Crippen molar-refractivity contribution in [1.82, 2.24) is 9.95 Å². The van der Waals surface area contributed by atoms with E-state index in [2.05, 4.69) is 22.8 Å². The highest BCUT2D eigenvalue weighted by molar-refractivity contribution is 8.02. The minimum atomic E-state index is 0. The summed E-state index contributed by atoms with van der Waals surface area (Å²) in [6, 6.07) is 0. The molecule has 1 unspecified atom stereocenters. The van der Waals surface area contributed by atoms with E-state index in [0.29, 0.717) is 0 Å². The summed E-state index contributed by atoms with van der Waals surface area (Å²) in [7, 11) is 0. The maximum atomic E-state index is 4.28. The molecule has 0 saturated heterocycles. The first-order chi connectivity index (χ1) is 6.33. The molecule has 4 nitrogen and oxygen atoms in total. The second kappa shape index (κ2) is 5.22. The summed E-state index contributed by atoms with van der Waals surface area (Å²) in [5.41, 5.74) is 4.41. The molecule has 0 fully saturated rings. The topological polar surface area (TPSA) is 32.1 Å². The van der Waals surface area contributed by atoms with Crippen LogP contribution in [0.2, 0.25) is 0 Å². The zero-order valence-electron chi connectivity index (χ0n) is 7.82. The number of hydrogen-bond donors (Lipinski definition) is 2. The van der Waals surface area contributed by atoms with Crippen LogP contribution in [0.5, 0.6) is 0 Å². The molecule has 2 rings (SSSR count). The van der Waals surface area contributed by atoms with Gasteiger partial charge in [-0.2, -0.15) is 10.0 Å². The molecule has 0 bridgehead atoms. The lowest BCUT2D eigenvalue weighted by atomic mass is 10.4. The van der Waals surface area contributed by atoms with Gasteiger partial charge >= 0.3 is 0 Å². The van der Waals surface area contributed by atoms with Crippen molar-refractivity contribution in [3.05, 3.63) is 23.0 Å². The highest BCUT2D eigenvalue weighted by Gasteiger charge is 2.26. The molecule has 0 spiro atoms. The van der Waals surface area contributed by atoms with E-state index in [1.54, 1.807) is 23.7 Å². The van der Waals surface area contributed by atoms with Gasteiger partial charge in [0.15, 0.2) is 5.70 Å². The third-order valence-corrected chi connectivity index (χ3v) is 3.04. The van der Waals surface area contributed by atoms with Crippen LogP contribution in [0, 0.1) is 0 Å². The minimum absolute atomic E-state index is 0. The van der Waals surface area contributed by atoms with Crippen molar-refractivity contribution in [2.45, 2.75) is 0 Å². The Balaban J connectivity index is 0.000000980. The molecule has 14 heavy (non-hydrogen) atoms. The zero-order chi connectivity index (χ0) is 9.26. The van der Waals surface area contributed by atoms with Crippen molar-refractivity contribution in [2.24, 2.45) is 4.99 Å². The highest BCUT2D eigenvalue weighted by atomic mass is 79.9. The summed E-state index contributed by atoms with van der Waals surface area (Å²) in [6.45, 7) is 0. The second-order valence-electron chi connectivity index (χ2n) is 2.56. The van der Waals surface area contributed by atoms with Gasteiger partial charge in [0.25, 0.3) is 0 Å². The Morgan fingerprint density at radius 2 is 2.29 bits per heavy atom. The monoisotopic (exact) mass is 294 g/mol. The van der Waals surface area contributed by atoms with Crippen LogP contribution in [0.1, 0.15) is 0 Å². The highest BCUT2D eigenvalue weighted by Crippen LogP contribution is 2.17. The molecule has 2 N–H and O–H groups in total. The average Bonchev–Trinajstić information content (AvgIpc) is 2.58. The molecule has 0 amide bonds. The van der Waals surface area contributed by atoms with E-state index >= 15 is 0 Å². The first-order valence-corrected chi connectivity index (χ1v) is 6.23. The van der Waals surface area contributed by atoms with Crippen LogP contribution in [-0.4, -0.2) is 23.3 Å². The van der Waals surface area contributed by atoms with Crippen LogP contribution in [0.15, 0.2) is 28.0 Å². The Bertz CT molecular complexity index is 302. The van der Waals surface area contributed by atoms with Gasteiger partial charge in [-0.3, -0.25) is 0 Å². The molecule has 0 aromatic heterocycles. The van der Waals surface area contributed by atoms with Gasteiger partial charge in [0.1, 0.15) is 5.03 Å². The van der Waals surface area contributed by atoms with Crippen LogP contribution in [0.25, 0.3) is 0 Å². The van der Waals surface area contributed by atoms with Crippen LogP contribution in [-0.2, 0) is 0 Å². The quantitative estimate of drug-likeness (QED) is 0.531. The molecular formula is C7H11BrN4S2. The van der Waals surface area contributed by atoms with E-state index in [0.717, 1.165) is 10.0 Å². The molecule has 78 valence electrons. The Hall–Kier alpha value is 0.0500. The summed E-state index contributed by atoms with van der Waals surface area (Å²) >= 11 is 3.29. The Kier molecular flexibility index (Phi) is 4.52. The lowest BCUT2D eigenvalue weighted by molar-refractivity contribution is -0.809. The minimum Gasteiger partial charge on any atom is -1.00 e. The number of hydrogen-bond acceptors (Lipinski definition) is 5. The van der Waals surface area contributed by atoms with E-state index in [1.165, 1.54) is 5.70 Å². The predicted molar refractivity (Wildman–Crippen MR) is 57.6 cm³/mol. The van der Waals surface area contributed by atoms with Crippen molar-refractivity contribution >= 4 is 30.0 Å². The number of hydrazine groups is 1. The molecule has 0 saturated carbocycles. The fraction of sp³-hybridized carbons (Fsp3) is 0.286. The van der Waals surface area contributed by atoms with E-state index in [4.69, 9.17) is 0 Å². The number of nitrogens with one attached hydrogen (secondary N) is 2. The maximum Gasteiger partial charge on any atom is 0.215 e. The molecule has 2 aliphatic rings. The van der Waals surface area contributed by atoms with Gasteiger partial charge in [-0.05, 0) is 18.2 Å². The first kappa shape index (κ1) is 12.1. The van der Waals surface area contributed by atoms with Gasteiger partial charge in [-0.15, -0.1) is 11.8 Å². The first-order valence-electron chi connectivity index (χ1n) is 3.82. The predicted octanol–water partition coefficient (Wildman–Crippen LogP) is -3.02. The maximum absolute atomic E-state index is 4.28. The SMILES string of the molecule is CSC1=CC2=CN(SC)N[NH+]2C=N1.[Br-]. The zero-order valence-corrected chi connectivity index (χ0v) is 11.0. The number of nitrogens with zero attached hydrogens (tertiary/aromatic N) is 2. The fourth-order valence-electron chi connectivity index (χ4n) is 1.14. The van der Waals surface area contributed by atoms with Gasteiger partial charge in [0.2, 0.25) is 6.34 Å². The van der Waals surface area contributed by atoms with Gasteiger partial charge in [0, 0.05) is 12.3 Å². The van der Waals surface area contributed by atoms with E-state index in [1.807, 2.05) is 23.3 Å². The molecule has 7 heteroatoms. The van der Waals surface area contributed by atoms with Crippen molar-refractivity contribution < 1.29 is 22.0 Å². The lowest BCUT2D eigenvalue weighted by Crippen LogP contribution is -3.15. The third-order valence-electron chi connectivity index (χ3n) is 1.80. The number of thioether (sulfide) groups is 1. The summed E-state index contributed by atoms with van der Waals surface area (Å²) in [5.74, 6) is 0. The van der Waals surface area contributed by atoms with Gasteiger partial charge < -0.3 is 17.0 Å². The smallest absolute Gasteiger partial charge is 0.215 e. The van der Waals surface area contributed by atoms with Crippen LogP contribution >= 0.6 is 23.7 Å². The molecule has 0 aromatic rings. The van der Waals surface area contributed by atoms with Crippen molar-refractivity contribution in [3.63, 3.8) is 0 Å². The standard InChI is InChI=1S/C7H10N4S2.BrH/c1-12-7-3-6-4-11(13-2)9-10(6)5-8-7;/h3-5,9H,1-2H3;1H. The van der Waals surface area contributed by atoms with Crippen molar-refractivity contribution in [3.8, 4) is 0 Å². The van der Waals surface area contributed by atoms with Gasteiger partial charge in [0.05, 0.1) is 6.20 Å². The molecular weight excluding hydrogens is 284 g/mol. The van der Waals surface area contributed by atoms with Gasteiger partial charge in [-0.1, -0.05) is 5.53 Å². The van der Waals surface area contributed by atoms with Crippen molar-refractivity contribution in [2.75, 3.05) is 12.5 Å². The van der Waals surface area contributed by atoms with Crippen LogP contribution < -0.4 is 27.5 Å². The van der Waals surface area contributed by atoms with Crippen molar-refractivity contribution in [1.29, 1.82) is 0 Å². The Labute approximate surface area is 102 Å². The summed E-state index contributed by atoms with van der Waals surface area (Å²) in [4.78, 5) is 4.28. The number of fused-ring (bicyclic) bond motifs is 1.